The van der Waals surface area contributed by atoms with Crippen LogP contribution in [0.2, 0.25) is 0 Å². The number of hydrogen-bond acceptors (Lipinski definition) is 5. The summed E-state index contributed by atoms with van der Waals surface area (Å²) < 4.78 is 9.94. The summed E-state index contributed by atoms with van der Waals surface area (Å²) in [6.45, 7) is 10.1. The number of nitrogens with one attached hydrogen (secondary N) is 1. The first-order chi connectivity index (χ1) is 8.53. The molecule has 1 N–H and O–H groups in total. The first-order valence-corrected chi connectivity index (χ1v) is 6.58. The molecular weight excluding hydrogens is 232 g/mol. The molecule has 0 aliphatic carbocycles. The first-order valence-electron chi connectivity index (χ1n) is 6.58. The van der Waals surface area contributed by atoms with Crippen LogP contribution in [0.5, 0.6) is 0 Å². The highest BCUT2D eigenvalue weighted by Crippen LogP contribution is 2.12. The van der Waals surface area contributed by atoms with Gasteiger partial charge in [0, 0.05) is 20.2 Å². The van der Waals surface area contributed by atoms with Crippen molar-refractivity contribution in [1.82, 2.24) is 10.2 Å². The maximum absolute atomic E-state index is 11.8. The van der Waals surface area contributed by atoms with Crippen LogP contribution in [0.25, 0.3) is 0 Å². The lowest BCUT2D eigenvalue weighted by atomic mass is 9.97. The van der Waals surface area contributed by atoms with Gasteiger partial charge in [-0.2, -0.15) is 0 Å². The molecule has 108 valence electrons. The summed E-state index contributed by atoms with van der Waals surface area (Å²) in [5.74, 6) is -0.202. The smallest absolute Gasteiger partial charge is 0.325 e. The van der Waals surface area contributed by atoms with Crippen molar-refractivity contribution in [1.29, 1.82) is 0 Å². The van der Waals surface area contributed by atoms with Gasteiger partial charge in [0.05, 0.1) is 13.7 Å². The quantitative estimate of drug-likeness (QED) is 0.591. The first kappa shape index (κ1) is 17.4. The fourth-order valence-corrected chi connectivity index (χ4v) is 1.91. The van der Waals surface area contributed by atoms with Crippen molar-refractivity contribution in [2.45, 2.75) is 32.7 Å². The van der Waals surface area contributed by atoms with E-state index in [1.165, 1.54) is 7.11 Å². The molecule has 0 rings (SSSR count). The van der Waals surface area contributed by atoms with Crippen molar-refractivity contribution >= 4 is 5.97 Å². The monoisotopic (exact) mass is 260 g/mol. The van der Waals surface area contributed by atoms with Gasteiger partial charge >= 0.3 is 5.97 Å². The number of esters is 1. The van der Waals surface area contributed by atoms with Crippen LogP contribution in [0.15, 0.2) is 0 Å². The lowest BCUT2D eigenvalue weighted by Crippen LogP contribution is -2.52. The van der Waals surface area contributed by atoms with E-state index >= 15 is 0 Å². The third-order valence-corrected chi connectivity index (χ3v) is 3.19. The highest BCUT2D eigenvalue weighted by molar-refractivity contribution is 5.80. The molecule has 0 bridgehead atoms. The van der Waals surface area contributed by atoms with E-state index < -0.39 is 5.54 Å². The van der Waals surface area contributed by atoms with Gasteiger partial charge in [-0.3, -0.25) is 4.79 Å². The molecule has 0 aromatic heterocycles. The SMILES string of the molecule is CCNC(C)(CCN(CC)CCOC)C(=O)OC. The molecule has 0 saturated carbocycles. The molecule has 0 aliphatic rings. The Morgan fingerprint density at radius 1 is 1.28 bits per heavy atom. The predicted molar refractivity (Wildman–Crippen MR) is 72.7 cm³/mol. The normalized spacial score (nSPS) is 14.6. The second-order valence-electron chi connectivity index (χ2n) is 4.53. The zero-order valence-electron chi connectivity index (χ0n) is 12.4. The minimum absolute atomic E-state index is 0.202. The van der Waals surface area contributed by atoms with Crippen LogP contribution in [-0.4, -0.2) is 63.4 Å². The van der Waals surface area contributed by atoms with Crippen LogP contribution in [0.4, 0.5) is 0 Å². The molecule has 0 heterocycles. The van der Waals surface area contributed by atoms with Gasteiger partial charge < -0.3 is 19.7 Å². The zero-order chi connectivity index (χ0) is 14.0. The Labute approximate surface area is 111 Å². The molecule has 0 aromatic carbocycles. The molecule has 0 spiro atoms. The minimum atomic E-state index is -0.607. The summed E-state index contributed by atoms with van der Waals surface area (Å²) in [7, 11) is 3.13. The summed E-state index contributed by atoms with van der Waals surface area (Å²) in [4.78, 5) is 14.1. The van der Waals surface area contributed by atoms with E-state index in [-0.39, 0.29) is 5.97 Å². The van der Waals surface area contributed by atoms with Crippen molar-refractivity contribution in [3.63, 3.8) is 0 Å². The van der Waals surface area contributed by atoms with Gasteiger partial charge in [0.15, 0.2) is 0 Å². The Hall–Kier alpha value is -0.650. The van der Waals surface area contributed by atoms with Crippen LogP contribution >= 0.6 is 0 Å². The number of carbonyl (C=O) groups is 1. The number of methoxy groups -OCH3 is 2. The molecule has 5 heteroatoms. The van der Waals surface area contributed by atoms with Crippen molar-refractivity contribution in [2.75, 3.05) is 47.0 Å². The van der Waals surface area contributed by atoms with E-state index in [2.05, 4.69) is 17.1 Å². The summed E-state index contributed by atoms with van der Waals surface area (Å²) in [5.41, 5.74) is -0.607. The Bertz CT molecular complexity index is 236. The van der Waals surface area contributed by atoms with Gasteiger partial charge in [-0.15, -0.1) is 0 Å². The highest BCUT2D eigenvalue weighted by atomic mass is 16.5. The lowest BCUT2D eigenvalue weighted by Gasteiger charge is -2.30. The average molecular weight is 260 g/mol. The molecule has 5 nitrogen and oxygen atoms in total. The van der Waals surface area contributed by atoms with E-state index in [1.807, 2.05) is 13.8 Å². The Morgan fingerprint density at radius 3 is 2.39 bits per heavy atom. The summed E-state index contributed by atoms with van der Waals surface area (Å²) in [5, 5.41) is 3.21. The van der Waals surface area contributed by atoms with Gasteiger partial charge in [0.25, 0.3) is 0 Å². The van der Waals surface area contributed by atoms with Crippen LogP contribution in [-0.2, 0) is 14.3 Å². The molecule has 18 heavy (non-hydrogen) atoms. The van der Waals surface area contributed by atoms with E-state index in [0.29, 0.717) is 6.61 Å². The highest BCUT2D eigenvalue weighted by Gasteiger charge is 2.33. The van der Waals surface area contributed by atoms with Gasteiger partial charge in [-0.1, -0.05) is 13.8 Å². The second kappa shape index (κ2) is 9.30. The Kier molecular flexibility index (Phi) is 8.97. The standard InChI is InChI=1S/C13H28N2O3/c1-6-14-13(3,12(16)18-5)8-9-15(7-2)10-11-17-4/h14H,6-11H2,1-5H3. The molecule has 0 aromatic rings. The third kappa shape index (κ3) is 5.80. The Morgan fingerprint density at radius 2 is 1.94 bits per heavy atom. The molecule has 0 aliphatic heterocycles. The molecule has 0 amide bonds. The van der Waals surface area contributed by atoms with Crippen molar-refractivity contribution in [3.05, 3.63) is 0 Å². The topological polar surface area (TPSA) is 50.8 Å². The van der Waals surface area contributed by atoms with Gasteiger partial charge in [-0.25, -0.2) is 0 Å². The number of carbonyl (C=O) groups excluding carboxylic acids is 1. The van der Waals surface area contributed by atoms with Crippen LogP contribution in [0, 0.1) is 0 Å². The molecule has 0 fully saturated rings. The number of ether oxygens (including phenoxy) is 2. The number of nitrogens with zero attached hydrogens (tertiary/aromatic N) is 1. The van der Waals surface area contributed by atoms with Gasteiger partial charge in [-0.05, 0) is 26.4 Å². The van der Waals surface area contributed by atoms with Gasteiger partial charge in [0.2, 0.25) is 0 Å². The largest absolute Gasteiger partial charge is 0.468 e. The van der Waals surface area contributed by atoms with E-state index in [9.17, 15) is 4.79 Å². The van der Waals surface area contributed by atoms with Crippen LogP contribution in [0.1, 0.15) is 27.2 Å². The van der Waals surface area contributed by atoms with Crippen LogP contribution in [0.3, 0.4) is 0 Å². The lowest BCUT2D eigenvalue weighted by molar-refractivity contribution is -0.148. The zero-order valence-corrected chi connectivity index (χ0v) is 12.4. The molecule has 0 saturated heterocycles. The fourth-order valence-electron chi connectivity index (χ4n) is 1.91. The second-order valence-corrected chi connectivity index (χ2v) is 4.53. The predicted octanol–water partition coefficient (Wildman–Crippen LogP) is 0.886. The maximum Gasteiger partial charge on any atom is 0.325 e. The van der Waals surface area contributed by atoms with Gasteiger partial charge in [0.1, 0.15) is 5.54 Å². The Balaban J connectivity index is 4.35. The molecular formula is C13H28N2O3. The van der Waals surface area contributed by atoms with Crippen molar-refractivity contribution in [2.24, 2.45) is 0 Å². The van der Waals surface area contributed by atoms with E-state index in [0.717, 1.165) is 32.6 Å². The fraction of sp³-hybridized carbons (Fsp3) is 0.923. The molecule has 0 radical (unpaired) electrons. The van der Waals surface area contributed by atoms with Crippen molar-refractivity contribution in [3.8, 4) is 0 Å². The van der Waals surface area contributed by atoms with E-state index in [4.69, 9.17) is 9.47 Å². The third-order valence-electron chi connectivity index (χ3n) is 3.19. The van der Waals surface area contributed by atoms with Crippen LogP contribution < -0.4 is 5.32 Å². The summed E-state index contributed by atoms with van der Waals surface area (Å²) >= 11 is 0. The molecule has 1 unspecified atom stereocenters. The average Bonchev–Trinajstić information content (AvgIpc) is 2.38. The van der Waals surface area contributed by atoms with Crippen molar-refractivity contribution < 1.29 is 14.3 Å². The molecule has 1 atom stereocenters. The maximum atomic E-state index is 11.8. The number of likely N-dealkylation sites (N-methyl/N-ethyl adjacent to an activating group) is 2. The minimum Gasteiger partial charge on any atom is -0.468 e. The summed E-state index contributed by atoms with van der Waals surface area (Å²) in [6.07, 6.45) is 0.727. The number of rotatable bonds is 10. The van der Waals surface area contributed by atoms with E-state index in [1.54, 1.807) is 7.11 Å². The summed E-state index contributed by atoms with van der Waals surface area (Å²) in [6, 6.07) is 0. The number of hydrogen-bond donors (Lipinski definition) is 1.